The summed E-state index contributed by atoms with van der Waals surface area (Å²) in [4.78, 5) is 12.2. The summed E-state index contributed by atoms with van der Waals surface area (Å²) in [6.45, 7) is 6.58. The molecule has 4 nitrogen and oxygen atoms in total. The number of hydrogen-bond acceptors (Lipinski definition) is 3. The number of amides is 1. The van der Waals surface area contributed by atoms with Crippen LogP contribution in [0.1, 0.15) is 26.7 Å². The first kappa shape index (κ1) is 20.4. The van der Waals surface area contributed by atoms with E-state index in [1.54, 1.807) is 25.1 Å². The van der Waals surface area contributed by atoms with E-state index in [1.165, 1.54) is 0 Å². The van der Waals surface area contributed by atoms with Gasteiger partial charge >= 0.3 is 0 Å². The Hall–Kier alpha value is -0.680. The van der Waals surface area contributed by atoms with Crippen molar-refractivity contribution in [1.29, 1.82) is 0 Å². The van der Waals surface area contributed by atoms with Gasteiger partial charge in [-0.25, -0.2) is 0 Å². The Morgan fingerprint density at radius 3 is 2.43 bits per heavy atom. The minimum absolute atomic E-state index is 0. The molecule has 1 atom stereocenters. The van der Waals surface area contributed by atoms with E-state index in [1.807, 2.05) is 0 Å². The van der Waals surface area contributed by atoms with Crippen LogP contribution in [0.5, 0.6) is 5.75 Å². The maximum atomic E-state index is 12.2. The average Bonchev–Trinajstić information content (AvgIpc) is 2.44. The second kappa shape index (κ2) is 8.97. The Morgan fingerprint density at radius 1 is 1.30 bits per heavy atom. The van der Waals surface area contributed by atoms with Gasteiger partial charge in [0.05, 0.1) is 0 Å². The predicted molar refractivity (Wildman–Crippen MR) is 97.0 cm³/mol. The maximum absolute atomic E-state index is 12.2. The van der Waals surface area contributed by atoms with E-state index in [4.69, 9.17) is 27.9 Å². The first-order chi connectivity index (χ1) is 10.4. The molecule has 0 radical (unpaired) electrons. The van der Waals surface area contributed by atoms with Crippen molar-refractivity contribution in [2.45, 2.75) is 32.8 Å². The number of benzene rings is 1. The minimum Gasteiger partial charge on any atom is -0.481 e. The normalized spacial score (nSPS) is 17.7. The smallest absolute Gasteiger partial charge is 0.260 e. The van der Waals surface area contributed by atoms with Gasteiger partial charge in [0.15, 0.2) is 6.10 Å². The Morgan fingerprint density at radius 2 is 1.87 bits per heavy atom. The van der Waals surface area contributed by atoms with Crippen LogP contribution in [0.25, 0.3) is 0 Å². The molecule has 0 saturated carbocycles. The molecule has 0 aromatic heterocycles. The monoisotopic (exact) mass is 380 g/mol. The molecule has 23 heavy (non-hydrogen) atoms. The largest absolute Gasteiger partial charge is 0.481 e. The van der Waals surface area contributed by atoms with E-state index < -0.39 is 6.10 Å². The first-order valence-corrected chi connectivity index (χ1v) is 8.25. The summed E-state index contributed by atoms with van der Waals surface area (Å²) >= 11 is 11.8. The topological polar surface area (TPSA) is 50.4 Å². The molecule has 7 heteroatoms. The number of piperidine rings is 1. The lowest BCUT2D eigenvalue weighted by molar-refractivity contribution is -0.127. The van der Waals surface area contributed by atoms with Crippen molar-refractivity contribution in [2.24, 2.45) is 5.41 Å². The number of rotatable bonds is 5. The summed E-state index contributed by atoms with van der Waals surface area (Å²) in [7, 11) is 0. The molecule has 0 bridgehead atoms. The highest BCUT2D eigenvalue weighted by Gasteiger charge is 2.28. The third-order valence-electron chi connectivity index (χ3n) is 4.02. The summed E-state index contributed by atoms with van der Waals surface area (Å²) in [5, 5.41) is 7.28. The Bertz CT molecular complexity index is 514. The molecular formula is C16H23Cl3N2O2. The first-order valence-electron chi connectivity index (χ1n) is 7.49. The van der Waals surface area contributed by atoms with E-state index in [0.717, 1.165) is 25.9 Å². The molecule has 1 amide bonds. The highest BCUT2D eigenvalue weighted by atomic mass is 35.5. The van der Waals surface area contributed by atoms with E-state index in [0.29, 0.717) is 22.3 Å². The van der Waals surface area contributed by atoms with Crippen LogP contribution in [0.3, 0.4) is 0 Å². The molecule has 1 heterocycles. The number of carbonyl (C=O) groups excluding carboxylic acids is 1. The molecule has 1 aliphatic heterocycles. The highest BCUT2D eigenvalue weighted by molar-refractivity contribution is 6.34. The molecule has 1 aliphatic rings. The van der Waals surface area contributed by atoms with Gasteiger partial charge in [-0.05, 0) is 56.5 Å². The van der Waals surface area contributed by atoms with Gasteiger partial charge < -0.3 is 15.4 Å². The van der Waals surface area contributed by atoms with Crippen LogP contribution < -0.4 is 15.4 Å². The lowest BCUT2D eigenvalue weighted by atomic mass is 9.81. The number of carbonyl (C=O) groups is 1. The lowest BCUT2D eigenvalue weighted by Crippen LogP contribution is -2.45. The quantitative estimate of drug-likeness (QED) is 0.818. The fourth-order valence-electron chi connectivity index (χ4n) is 2.51. The van der Waals surface area contributed by atoms with Gasteiger partial charge in [0.2, 0.25) is 0 Å². The van der Waals surface area contributed by atoms with Gasteiger partial charge in [0, 0.05) is 16.6 Å². The zero-order valence-electron chi connectivity index (χ0n) is 13.3. The maximum Gasteiger partial charge on any atom is 0.260 e. The molecule has 0 spiro atoms. The van der Waals surface area contributed by atoms with Crippen molar-refractivity contribution in [3.8, 4) is 5.75 Å². The van der Waals surface area contributed by atoms with Crippen molar-refractivity contribution in [3.05, 3.63) is 28.2 Å². The molecule has 2 rings (SSSR count). The van der Waals surface area contributed by atoms with Crippen molar-refractivity contribution in [2.75, 3.05) is 19.6 Å². The molecule has 1 fully saturated rings. The number of ether oxygens (including phenoxy) is 1. The molecule has 130 valence electrons. The van der Waals surface area contributed by atoms with Crippen LogP contribution in [0.2, 0.25) is 10.0 Å². The summed E-state index contributed by atoms with van der Waals surface area (Å²) in [6.07, 6.45) is 1.53. The fraction of sp³-hybridized carbons (Fsp3) is 0.562. The van der Waals surface area contributed by atoms with Gasteiger partial charge in [0.1, 0.15) is 5.75 Å². The molecule has 1 aromatic carbocycles. The average molecular weight is 382 g/mol. The zero-order chi connectivity index (χ0) is 16.2. The van der Waals surface area contributed by atoms with Crippen molar-refractivity contribution in [1.82, 2.24) is 10.6 Å². The number of hydrogen-bond donors (Lipinski definition) is 2. The Balaban J connectivity index is 0.00000264. The summed E-state index contributed by atoms with van der Waals surface area (Å²) in [6, 6.07) is 4.91. The summed E-state index contributed by atoms with van der Waals surface area (Å²) in [5.41, 5.74) is 0.153. The standard InChI is InChI=1S/C16H22Cl2N2O2.ClH/c1-11(22-14-8-12(17)7-13(18)9-14)15(21)20-10-16(2)3-5-19-6-4-16;/h7-9,11,19H,3-6,10H2,1-2H3,(H,20,21);1H. The van der Waals surface area contributed by atoms with Crippen molar-refractivity contribution >= 4 is 41.5 Å². The second-order valence-corrected chi connectivity index (χ2v) is 7.02. The minimum atomic E-state index is -0.597. The Labute approximate surface area is 153 Å². The SMILES string of the molecule is CC(Oc1cc(Cl)cc(Cl)c1)C(=O)NCC1(C)CCNCC1.Cl. The van der Waals surface area contributed by atoms with E-state index in [2.05, 4.69) is 17.6 Å². The third-order valence-corrected chi connectivity index (χ3v) is 4.45. The summed E-state index contributed by atoms with van der Waals surface area (Å²) in [5.74, 6) is 0.365. The van der Waals surface area contributed by atoms with E-state index in [9.17, 15) is 4.79 Å². The predicted octanol–water partition coefficient (Wildman–Crippen LogP) is 3.69. The fourth-order valence-corrected chi connectivity index (χ4v) is 3.01. The van der Waals surface area contributed by atoms with Crippen LogP contribution in [-0.2, 0) is 4.79 Å². The molecule has 2 N–H and O–H groups in total. The third kappa shape index (κ3) is 6.38. The second-order valence-electron chi connectivity index (χ2n) is 6.14. The van der Waals surface area contributed by atoms with Gasteiger partial charge in [-0.2, -0.15) is 0 Å². The molecular weight excluding hydrogens is 359 g/mol. The van der Waals surface area contributed by atoms with Gasteiger partial charge in [0.25, 0.3) is 5.91 Å². The lowest BCUT2D eigenvalue weighted by Gasteiger charge is -2.34. The van der Waals surface area contributed by atoms with Crippen molar-refractivity contribution < 1.29 is 9.53 Å². The van der Waals surface area contributed by atoms with Gasteiger partial charge in [-0.15, -0.1) is 12.4 Å². The number of halogens is 3. The van der Waals surface area contributed by atoms with Crippen LogP contribution in [0.4, 0.5) is 0 Å². The van der Waals surface area contributed by atoms with Crippen LogP contribution in [0.15, 0.2) is 18.2 Å². The van der Waals surface area contributed by atoms with Crippen LogP contribution >= 0.6 is 35.6 Å². The van der Waals surface area contributed by atoms with E-state index in [-0.39, 0.29) is 23.7 Å². The highest BCUT2D eigenvalue weighted by Crippen LogP contribution is 2.27. The molecule has 0 aliphatic carbocycles. The van der Waals surface area contributed by atoms with E-state index >= 15 is 0 Å². The van der Waals surface area contributed by atoms with Crippen LogP contribution in [0, 0.1) is 5.41 Å². The molecule has 1 unspecified atom stereocenters. The Kier molecular flexibility index (Phi) is 7.95. The van der Waals surface area contributed by atoms with Gasteiger partial charge in [-0.3, -0.25) is 4.79 Å². The molecule has 1 aromatic rings. The van der Waals surface area contributed by atoms with Crippen LogP contribution in [-0.4, -0.2) is 31.6 Å². The van der Waals surface area contributed by atoms with Crippen molar-refractivity contribution in [3.63, 3.8) is 0 Å². The summed E-state index contributed by atoms with van der Waals surface area (Å²) < 4.78 is 5.62. The molecule has 1 saturated heterocycles. The van der Waals surface area contributed by atoms with Gasteiger partial charge in [-0.1, -0.05) is 30.1 Å². The number of nitrogens with one attached hydrogen (secondary N) is 2. The zero-order valence-corrected chi connectivity index (χ0v) is 15.7.